The zero-order valence-corrected chi connectivity index (χ0v) is 24.7. The van der Waals surface area contributed by atoms with Crippen molar-refractivity contribution in [3.8, 4) is 56.3 Å². The standard InChI is InChI=1S/C38H27N7/c1-23-5-3-7-32(43-23)31-12-15-33(45-38(31)27-10-13-35-36(20-27)42-22-41-35)29-11-14-34(44-24(29)2)30-6-4-17-40-37(30)26-8-9-28-21-39-18-16-25(28)19-26/h3-22H,1-2H3,(H,41,42). The van der Waals surface area contributed by atoms with Gasteiger partial charge in [-0.1, -0.05) is 24.3 Å². The summed E-state index contributed by atoms with van der Waals surface area (Å²) in [6, 6.07) is 32.9. The summed E-state index contributed by atoms with van der Waals surface area (Å²) < 4.78 is 0. The molecular formula is C38H27N7. The van der Waals surface area contributed by atoms with E-state index in [0.29, 0.717) is 0 Å². The van der Waals surface area contributed by atoms with E-state index in [2.05, 4.69) is 75.6 Å². The van der Waals surface area contributed by atoms with Crippen molar-refractivity contribution in [3.63, 3.8) is 0 Å². The molecule has 6 aromatic heterocycles. The minimum Gasteiger partial charge on any atom is -0.345 e. The molecule has 8 rings (SSSR count). The maximum Gasteiger partial charge on any atom is 0.0931 e. The SMILES string of the molecule is Cc1cccc(-c2ccc(-c3ccc(-c4cccnc4-c4ccc5cnccc5c4)nc3C)nc2-c2ccc3nc[nH]c3c2)n1. The number of hydrogen-bond donors (Lipinski definition) is 1. The first kappa shape index (κ1) is 26.5. The summed E-state index contributed by atoms with van der Waals surface area (Å²) in [5.74, 6) is 0. The molecule has 7 nitrogen and oxygen atoms in total. The summed E-state index contributed by atoms with van der Waals surface area (Å²) in [7, 11) is 0. The molecule has 0 radical (unpaired) electrons. The van der Waals surface area contributed by atoms with Crippen LogP contribution in [0.5, 0.6) is 0 Å². The molecule has 0 amide bonds. The first-order chi connectivity index (χ1) is 22.1. The number of nitrogens with zero attached hydrogens (tertiary/aromatic N) is 6. The molecule has 0 saturated heterocycles. The van der Waals surface area contributed by atoms with Gasteiger partial charge in [-0.05, 0) is 92.0 Å². The minimum absolute atomic E-state index is 0.845. The molecule has 0 bridgehead atoms. The van der Waals surface area contributed by atoms with Crippen LogP contribution in [0.3, 0.4) is 0 Å². The van der Waals surface area contributed by atoms with Crippen molar-refractivity contribution in [3.05, 3.63) is 133 Å². The van der Waals surface area contributed by atoms with Crippen molar-refractivity contribution >= 4 is 21.8 Å². The first-order valence-corrected chi connectivity index (χ1v) is 14.8. The van der Waals surface area contributed by atoms with E-state index in [1.807, 2.05) is 68.8 Å². The lowest BCUT2D eigenvalue weighted by atomic mass is 9.98. The number of nitrogens with one attached hydrogen (secondary N) is 1. The minimum atomic E-state index is 0.845. The van der Waals surface area contributed by atoms with Crippen LogP contribution < -0.4 is 0 Å². The highest BCUT2D eigenvalue weighted by Gasteiger charge is 2.17. The molecule has 0 atom stereocenters. The monoisotopic (exact) mass is 581 g/mol. The summed E-state index contributed by atoms with van der Waals surface area (Å²) >= 11 is 0. The molecule has 45 heavy (non-hydrogen) atoms. The van der Waals surface area contributed by atoms with Gasteiger partial charge in [-0.15, -0.1) is 0 Å². The fourth-order valence-corrected chi connectivity index (χ4v) is 5.87. The lowest BCUT2D eigenvalue weighted by molar-refractivity contribution is 1.18. The summed E-state index contributed by atoms with van der Waals surface area (Å²) in [5.41, 5.74) is 13.0. The van der Waals surface area contributed by atoms with E-state index in [0.717, 1.165) is 89.5 Å². The lowest BCUT2D eigenvalue weighted by Crippen LogP contribution is -1.98. The molecule has 214 valence electrons. The quantitative estimate of drug-likeness (QED) is 0.219. The van der Waals surface area contributed by atoms with Crippen LogP contribution in [0.4, 0.5) is 0 Å². The van der Waals surface area contributed by atoms with Crippen molar-refractivity contribution < 1.29 is 0 Å². The van der Waals surface area contributed by atoms with E-state index in [9.17, 15) is 0 Å². The van der Waals surface area contributed by atoms with Gasteiger partial charge < -0.3 is 4.98 Å². The molecule has 0 unspecified atom stereocenters. The number of aromatic amines is 1. The van der Waals surface area contributed by atoms with E-state index < -0.39 is 0 Å². The van der Waals surface area contributed by atoms with Gasteiger partial charge in [-0.25, -0.2) is 9.97 Å². The van der Waals surface area contributed by atoms with Gasteiger partial charge >= 0.3 is 0 Å². The molecule has 7 heteroatoms. The Morgan fingerprint density at radius 3 is 2.24 bits per heavy atom. The molecule has 6 heterocycles. The zero-order valence-electron chi connectivity index (χ0n) is 24.7. The van der Waals surface area contributed by atoms with Crippen LogP contribution in [-0.2, 0) is 0 Å². The van der Waals surface area contributed by atoms with E-state index in [-0.39, 0.29) is 0 Å². The van der Waals surface area contributed by atoms with Crippen molar-refractivity contribution in [1.29, 1.82) is 0 Å². The number of rotatable bonds is 5. The van der Waals surface area contributed by atoms with E-state index >= 15 is 0 Å². The Kier molecular flexibility index (Phi) is 6.42. The number of pyridine rings is 5. The van der Waals surface area contributed by atoms with Crippen LogP contribution >= 0.6 is 0 Å². The van der Waals surface area contributed by atoms with Gasteiger partial charge in [0.2, 0.25) is 0 Å². The van der Waals surface area contributed by atoms with Crippen molar-refractivity contribution in [2.75, 3.05) is 0 Å². The number of hydrogen-bond acceptors (Lipinski definition) is 6. The summed E-state index contributed by atoms with van der Waals surface area (Å²) in [5, 5.41) is 2.22. The van der Waals surface area contributed by atoms with Gasteiger partial charge in [0, 0.05) is 63.2 Å². The largest absolute Gasteiger partial charge is 0.345 e. The summed E-state index contributed by atoms with van der Waals surface area (Å²) in [4.78, 5) is 31.8. The number of H-pyrrole nitrogens is 1. The molecule has 0 aliphatic heterocycles. The van der Waals surface area contributed by atoms with Gasteiger partial charge in [-0.2, -0.15) is 0 Å². The third kappa shape index (κ3) is 4.90. The van der Waals surface area contributed by atoms with Gasteiger partial charge in [-0.3, -0.25) is 19.9 Å². The van der Waals surface area contributed by atoms with Gasteiger partial charge in [0.05, 0.1) is 45.8 Å². The van der Waals surface area contributed by atoms with Gasteiger partial charge in [0.25, 0.3) is 0 Å². The maximum absolute atomic E-state index is 5.24. The molecule has 0 saturated carbocycles. The third-order valence-electron chi connectivity index (χ3n) is 8.11. The molecule has 0 aliphatic carbocycles. The smallest absolute Gasteiger partial charge is 0.0931 e. The van der Waals surface area contributed by atoms with Crippen molar-refractivity contribution in [1.82, 2.24) is 34.9 Å². The number of imidazole rings is 1. The van der Waals surface area contributed by atoms with Crippen LogP contribution in [0.25, 0.3) is 78.1 Å². The molecule has 1 N–H and O–H groups in total. The van der Waals surface area contributed by atoms with Gasteiger partial charge in [0.15, 0.2) is 0 Å². The molecule has 2 aromatic carbocycles. The predicted octanol–water partition coefficient (Wildman–Crippen LogP) is 8.64. The highest BCUT2D eigenvalue weighted by molar-refractivity contribution is 5.90. The lowest BCUT2D eigenvalue weighted by Gasteiger charge is -2.14. The van der Waals surface area contributed by atoms with E-state index in [1.54, 1.807) is 6.33 Å². The normalized spacial score (nSPS) is 11.3. The molecular weight excluding hydrogens is 554 g/mol. The van der Waals surface area contributed by atoms with Crippen LogP contribution in [0.15, 0.2) is 122 Å². The van der Waals surface area contributed by atoms with Crippen LogP contribution in [0.1, 0.15) is 11.4 Å². The highest BCUT2D eigenvalue weighted by atomic mass is 14.9. The molecule has 0 aliphatic rings. The Bertz CT molecular complexity index is 2370. The summed E-state index contributed by atoms with van der Waals surface area (Å²) in [6.07, 6.45) is 7.23. The molecule has 0 spiro atoms. The van der Waals surface area contributed by atoms with Gasteiger partial charge in [0.1, 0.15) is 0 Å². The second-order valence-corrected chi connectivity index (χ2v) is 11.1. The van der Waals surface area contributed by atoms with Crippen LogP contribution in [0, 0.1) is 13.8 Å². The Morgan fingerprint density at radius 1 is 0.556 bits per heavy atom. The molecule has 8 aromatic rings. The second kappa shape index (κ2) is 10.9. The number of aromatic nitrogens is 7. The highest BCUT2D eigenvalue weighted by Crippen LogP contribution is 2.36. The number of fused-ring (bicyclic) bond motifs is 2. The fourth-order valence-electron chi connectivity index (χ4n) is 5.87. The van der Waals surface area contributed by atoms with Crippen LogP contribution in [-0.4, -0.2) is 34.9 Å². The van der Waals surface area contributed by atoms with E-state index in [1.165, 1.54) is 0 Å². The van der Waals surface area contributed by atoms with Crippen molar-refractivity contribution in [2.45, 2.75) is 13.8 Å². The average molecular weight is 582 g/mol. The number of benzene rings is 2. The Labute approximate surface area is 259 Å². The average Bonchev–Trinajstić information content (AvgIpc) is 3.56. The fraction of sp³-hybridized carbons (Fsp3) is 0.0526. The Hall–Kier alpha value is -6.08. The van der Waals surface area contributed by atoms with Crippen molar-refractivity contribution in [2.24, 2.45) is 0 Å². The first-order valence-electron chi connectivity index (χ1n) is 14.8. The molecule has 0 fully saturated rings. The summed E-state index contributed by atoms with van der Waals surface area (Å²) in [6.45, 7) is 4.04. The van der Waals surface area contributed by atoms with E-state index in [4.69, 9.17) is 19.9 Å². The Balaban J connectivity index is 1.22. The predicted molar refractivity (Wildman–Crippen MR) is 179 cm³/mol. The third-order valence-corrected chi connectivity index (χ3v) is 8.11. The Morgan fingerprint density at radius 2 is 1.36 bits per heavy atom. The second-order valence-electron chi connectivity index (χ2n) is 11.1. The van der Waals surface area contributed by atoms with Crippen LogP contribution in [0.2, 0.25) is 0 Å². The number of aryl methyl sites for hydroxylation is 2. The zero-order chi connectivity index (χ0) is 30.3. The maximum atomic E-state index is 5.24. The topological polar surface area (TPSA) is 93.1 Å².